The number of para-hydroxylation sites is 2. The largest absolute Gasteiger partial charge is 0.494 e. The highest BCUT2D eigenvalue weighted by molar-refractivity contribution is 5.93. The van der Waals surface area contributed by atoms with Crippen molar-refractivity contribution < 1.29 is 47.6 Å². The molecular formula is C42H50O10. The third-order valence-electron chi connectivity index (χ3n) is 7.87. The number of benzene rings is 3. The first kappa shape index (κ1) is 41.0. The van der Waals surface area contributed by atoms with Crippen LogP contribution in [0, 0.1) is 0 Å². The van der Waals surface area contributed by atoms with Crippen LogP contribution in [0.1, 0.15) is 97.8 Å². The highest BCUT2D eigenvalue weighted by atomic mass is 16.6. The van der Waals surface area contributed by atoms with Gasteiger partial charge in [0.25, 0.3) is 0 Å². The van der Waals surface area contributed by atoms with E-state index >= 15 is 0 Å². The highest BCUT2D eigenvalue weighted by Crippen LogP contribution is 2.29. The molecule has 0 amide bonds. The Morgan fingerprint density at radius 3 is 1.12 bits per heavy atom. The van der Waals surface area contributed by atoms with Gasteiger partial charge >= 0.3 is 23.9 Å². The Bertz CT molecular complexity index is 1430. The summed E-state index contributed by atoms with van der Waals surface area (Å²) in [6.45, 7) is 8.73. The Hall–Kier alpha value is -5.38. The first-order chi connectivity index (χ1) is 25.4. The van der Waals surface area contributed by atoms with Crippen molar-refractivity contribution in [3.8, 4) is 23.0 Å². The molecule has 0 unspecified atom stereocenters. The Morgan fingerprint density at radius 1 is 0.442 bits per heavy atom. The lowest BCUT2D eigenvalue weighted by Crippen LogP contribution is -2.12. The van der Waals surface area contributed by atoms with Crippen molar-refractivity contribution >= 4 is 23.9 Å². The minimum absolute atomic E-state index is 0.120. The molecule has 0 N–H and O–H groups in total. The SMILES string of the molecule is C=CC(=O)OCCCCCCCCOc1ccc(C(=O)Oc2ccccc2OC(=O)c2ccc(OCCCCCCCCOC(=O)C=C)cc2)cc1. The molecule has 0 saturated heterocycles. The first-order valence-electron chi connectivity index (χ1n) is 18.0. The van der Waals surface area contributed by atoms with E-state index in [1.165, 1.54) is 12.2 Å². The topological polar surface area (TPSA) is 124 Å². The molecule has 0 bridgehead atoms. The van der Waals surface area contributed by atoms with Crippen molar-refractivity contribution in [1.82, 2.24) is 0 Å². The first-order valence-corrected chi connectivity index (χ1v) is 18.0. The molecule has 10 nitrogen and oxygen atoms in total. The van der Waals surface area contributed by atoms with Crippen LogP contribution in [-0.4, -0.2) is 50.3 Å². The fourth-order valence-electron chi connectivity index (χ4n) is 4.98. The van der Waals surface area contributed by atoms with Gasteiger partial charge in [-0.2, -0.15) is 0 Å². The molecule has 0 atom stereocenters. The van der Waals surface area contributed by atoms with Gasteiger partial charge in [0.15, 0.2) is 11.5 Å². The molecule has 0 aliphatic heterocycles. The van der Waals surface area contributed by atoms with E-state index in [0.29, 0.717) is 49.1 Å². The number of unbranched alkanes of at least 4 members (excludes halogenated alkanes) is 10. The van der Waals surface area contributed by atoms with Crippen LogP contribution >= 0.6 is 0 Å². The lowest BCUT2D eigenvalue weighted by atomic mass is 10.1. The number of carbonyl (C=O) groups excluding carboxylic acids is 4. The van der Waals surface area contributed by atoms with Crippen LogP contribution in [0.2, 0.25) is 0 Å². The molecular weight excluding hydrogens is 664 g/mol. The van der Waals surface area contributed by atoms with Gasteiger partial charge in [-0.25, -0.2) is 19.2 Å². The lowest BCUT2D eigenvalue weighted by molar-refractivity contribution is -0.138. The molecule has 52 heavy (non-hydrogen) atoms. The standard InChI is InChI=1S/C42H50O10/c1-3-39(43)49-31-17-11-7-5-9-15-29-47-35-25-21-33(22-26-35)41(45)51-37-19-13-14-20-38(37)52-42(46)34-23-27-36(28-24-34)48-30-16-10-6-8-12-18-32-50-40(44)4-2/h3-4,13-14,19-28H,1-2,5-12,15-18,29-32H2. The molecule has 278 valence electrons. The van der Waals surface area contributed by atoms with Gasteiger partial charge in [0, 0.05) is 12.2 Å². The summed E-state index contributed by atoms with van der Waals surface area (Å²) in [4.78, 5) is 47.9. The minimum Gasteiger partial charge on any atom is -0.494 e. The fraction of sp³-hybridized carbons (Fsp3) is 0.381. The summed E-state index contributed by atoms with van der Waals surface area (Å²) < 4.78 is 32.7. The second-order valence-electron chi connectivity index (χ2n) is 12.0. The third-order valence-corrected chi connectivity index (χ3v) is 7.87. The number of esters is 4. The van der Waals surface area contributed by atoms with Crippen LogP contribution < -0.4 is 18.9 Å². The predicted molar refractivity (Wildman–Crippen MR) is 198 cm³/mol. The van der Waals surface area contributed by atoms with E-state index in [1.807, 2.05) is 0 Å². The molecule has 0 heterocycles. The van der Waals surface area contributed by atoms with Crippen molar-refractivity contribution in [3.05, 3.63) is 109 Å². The number of rotatable bonds is 26. The van der Waals surface area contributed by atoms with E-state index in [0.717, 1.165) is 77.0 Å². The van der Waals surface area contributed by atoms with Crippen LogP contribution in [0.25, 0.3) is 0 Å². The highest BCUT2D eigenvalue weighted by Gasteiger charge is 2.16. The zero-order valence-electron chi connectivity index (χ0n) is 29.9. The molecule has 0 spiro atoms. The van der Waals surface area contributed by atoms with Crippen molar-refractivity contribution in [3.63, 3.8) is 0 Å². The van der Waals surface area contributed by atoms with Crippen LogP contribution in [0.3, 0.4) is 0 Å². The van der Waals surface area contributed by atoms with Gasteiger partial charge in [0.2, 0.25) is 0 Å². The maximum absolute atomic E-state index is 12.9. The Labute approximate surface area is 306 Å². The van der Waals surface area contributed by atoms with Gasteiger partial charge in [0.1, 0.15) is 11.5 Å². The van der Waals surface area contributed by atoms with Gasteiger partial charge in [-0.05, 0) is 86.3 Å². The van der Waals surface area contributed by atoms with Crippen molar-refractivity contribution in [2.75, 3.05) is 26.4 Å². The molecule has 0 saturated carbocycles. The quantitative estimate of drug-likeness (QED) is 0.0344. The molecule has 10 heteroatoms. The smallest absolute Gasteiger partial charge is 0.343 e. The average Bonchev–Trinajstić information content (AvgIpc) is 3.17. The summed E-state index contributed by atoms with van der Waals surface area (Å²) in [6, 6.07) is 19.9. The lowest BCUT2D eigenvalue weighted by Gasteiger charge is -2.11. The molecule has 0 aliphatic carbocycles. The molecule has 3 aromatic rings. The van der Waals surface area contributed by atoms with Crippen LogP contribution in [0.5, 0.6) is 23.0 Å². The molecule has 0 aliphatic rings. The Balaban J connectivity index is 1.33. The summed E-state index contributed by atoms with van der Waals surface area (Å²) in [6.07, 6.45) is 14.2. The molecule has 0 fully saturated rings. The predicted octanol–water partition coefficient (Wildman–Crippen LogP) is 9.02. The number of hydrogen-bond donors (Lipinski definition) is 0. The fourth-order valence-corrected chi connectivity index (χ4v) is 4.98. The third kappa shape index (κ3) is 16.6. The van der Waals surface area contributed by atoms with Gasteiger partial charge in [0.05, 0.1) is 37.6 Å². The number of hydrogen-bond acceptors (Lipinski definition) is 10. The average molecular weight is 715 g/mol. The maximum atomic E-state index is 12.9. The Morgan fingerprint density at radius 2 is 0.769 bits per heavy atom. The number of carbonyl (C=O) groups is 4. The minimum atomic E-state index is -0.595. The zero-order chi connectivity index (χ0) is 37.2. The monoisotopic (exact) mass is 714 g/mol. The van der Waals surface area contributed by atoms with E-state index in [9.17, 15) is 19.2 Å². The summed E-state index contributed by atoms with van der Waals surface area (Å²) in [7, 11) is 0. The summed E-state index contributed by atoms with van der Waals surface area (Å²) in [5.41, 5.74) is 0.651. The van der Waals surface area contributed by atoms with E-state index in [-0.39, 0.29) is 23.4 Å². The van der Waals surface area contributed by atoms with Gasteiger partial charge < -0.3 is 28.4 Å². The maximum Gasteiger partial charge on any atom is 0.343 e. The molecule has 3 aromatic carbocycles. The molecule has 0 aromatic heterocycles. The Kier molecular flexibility index (Phi) is 19.5. The van der Waals surface area contributed by atoms with E-state index in [1.54, 1.807) is 72.8 Å². The summed E-state index contributed by atoms with van der Waals surface area (Å²) >= 11 is 0. The van der Waals surface area contributed by atoms with Crippen molar-refractivity contribution in [1.29, 1.82) is 0 Å². The number of ether oxygens (including phenoxy) is 6. The van der Waals surface area contributed by atoms with Gasteiger partial charge in [-0.15, -0.1) is 0 Å². The van der Waals surface area contributed by atoms with Crippen molar-refractivity contribution in [2.24, 2.45) is 0 Å². The van der Waals surface area contributed by atoms with E-state index in [4.69, 9.17) is 28.4 Å². The van der Waals surface area contributed by atoms with Crippen LogP contribution in [0.15, 0.2) is 98.1 Å². The summed E-state index contributed by atoms with van der Waals surface area (Å²) in [5.74, 6) is -0.409. The molecule has 0 radical (unpaired) electrons. The van der Waals surface area contributed by atoms with E-state index in [2.05, 4.69) is 13.2 Å². The van der Waals surface area contributed by atoms with Crippen LogP contribution in [0.4, 0.5) is 0 Å². The van der Waals surface area contributed by atoms with Gasteiger partial charge in [-0.3, -0.25) is 0 Å². The second-order valence-corrected chi connectivity index (χ2v) is 12.0. The molecule has 3 rings (SSSR count). The van der Waals surface area contributed by atoms with Crippen LogP contribution in [-0.2, 0) is 19.1 Å². The second kappa shape index (κ2) is 24.7. The van der Waals surface area contributed by atoms with Gasteiger partial charge in [-0.1, -0.05) is 76.7 Å². The zero-order valence-corrected chi connectivity index (χ0v) is 29.9. The normalized spacial score (nSPS) is 10.5. The summed E-state index contributed by atoms with van der Waals surface area (Å²) in [5, 5.41) is 0. The van der Waals surface area contributed by atoms with E-state index < -0.39 is 11.9 Å². The van der Waals surface area contributed by atoms with Crippen molar-refractivity contribution in [2.45, 2.75) is 77.0 Å².